The number of allylic oxidation sites excluding steroid dienone is 2. The summed E-state index contributed by atoms with van der Waals surface area (Å²) in [5, 5.41) is 3.97. The Morgan fingerprint density at radius 1 is 1.23 bits per heavy atom. The average molecular weight is 326 g/mol. The number of nitrogens with zero attached hydrogens (tertiary/aromatic N) is 1. The van der Waals surface area contributed by atoms with Crippen LogP contribution in [0, 0.1) is 5.92 Å². The van der Waals surface area contributed by atoms with Crippen LogP contribution in [0.15, 0.2) is 42.5 Å². The van der Waals surface area contributed by atoms with Crippen LogP contribution < -0.4 is 10.1 Å². The highest BCUT2D eigenvalue weighted by Gasteiger charge is 2.31. The van der Waals surface area contributed by atoms with Gasteiger partial charge in [0.1, 0.15) is 5.75 Å². The second kappa shape index (κ2) is 5.64. The molecule has 1 aromatic carbocycles. The molecule has 22 heavy (non-hydrogen) atoms. The summed E-state index contributed by atoms with van der Waals surface area (Å²) in [4.78, 5) is 4.39. The summed E-state index contributed by atoms with van der Waals surface area (Å²) in [6.07, 6.45) is 3.38. The minimum absolute atomic E-state index is 0.122. The molecule has 2 aromatic rings. The number of hydrogen-bond acceptors (Lipinski definition) is 4. The Labute approximate surface area is 129 Å². The third kappa shape index (κ3) is 3.41. The number of benzene rings is 1. The first-order chi connectivity index (χ1) is 10.4. The Kier molecular flexibility index (Phi) is 3.82. The summed E-state index contributed by atoms with van der Waals surface area (Å²) in [5.41, 5.74) is 0.644. The van der Waals surface area contributed by atoms with Gasteiger partial charge in [-0.15, -0.1) is 13.2 Å². The van der Waals surface area contributed by atoms with E-state index in [1.54, 1.807) is 0 Å². The van der Waals surface area contributed by atoms with Gasteiger partial charge >= 0.3 is 6.36 Å². The van der Waals surface area contributed by atoms with Crippen molar-refractivity contribution in [3.05, 3.63) is 42.5 Å². The highest BCUT2D eigenvalue weighted by Crippen LogP contribution is 2.32. The summed E-state index contributed by atoms with van der Waals surface area (Å²) >= 11 is 1.31. The van der Waals surface area contributed by atoms with Crippen molar-refractivity contribution in [2.24, 2.45) is 5.92 Å². The molecule has 0 fully saturated rings. The summed E-state index contributed by atoms with van der Waals surface area (Å²) in [6, 6.07) is 4.27. The molecule has 1 aliphatic rings. The maximum atomic E-state index is 12.2. The minimum atomic E-state index is -4.69. The lowest BCUT2D eigenvalue weighted by atomic mass is 9.98. The van der Waals surface area contributed by atoms with Crippen LogP contribution in [0.4, 0.5) is 18.3 Å². The Morgan fingerprint density at radius 2 is 2.00 bits per heavy atom. The molecule has 0 saturated carbocycles. The normalized spacial score (nSPS) is 21.3. The smallest absolute Gasteiger partial charge is 0.406 e. The van der Waals surface area contributed by atoms with Crippen LogP contribution >= 0.6 is 11.3 Å². The highest BCUT2D eigenvalue weighted by atomic mass is 32.1. The summed E-state index contributed by atoms with van der Waals surface area (Å²) in [7, 11) is 0. The first kappa shape index (κ1) is 14.9. The van der Waals surface area contributed by atoms with Gasteiger partial charge in [0.2, 0.25) is 0 Å². The summed E-state index contributed by atoms with van der Waals surface area (Å²) < 4.78 is 41.3. The zero-order valence-corrected chi connectivity index (χ0v) is 12.4. The Hall–Kier alpha value is -2.02. The van der Waals surface area contributed by atoms with Gasteiger partial charge in [-0.25, -0.2) is 4.98 Å². The predicted molar refractivity (Wildman–Crippen MR) is 81.2 cm³/mol. The first-order valence-corrected chi connectivity index (χ1v) is 7.50. The van der Waals surface area contributed by atoms with Crippen molar-refractivity contribution in [3.63, 3.8) is 0 Å². The van der Waals surface area contributed by atoms with Crippen molar-refractivity contribution in [1.29, 1.82) is 0 Å². The van der Waals surface area contributed by atoms with E-state index in [1.165, 1.54) is 29.5 Å². The van der Waals surface area contributed by atoms with Gasteiger partial charge < -0.3 is 10.1 Å². The molecular formula is C15H13F3N2OS. The SMILES string of the molecule is CC1C=CC=CC1Nc1nc2ccc(OC(F)(F)F)cc2s1. The Bertz CT molecular complexity index is 736. The maximum Gasteiger partial charge on any atom is 0.573 e. The van der Waals surface area contributed by atoms with Crippen LogP contribution in [-0.4, -0.2) is 17.4 Å². The molecule has 116 valence electrons. The van der Waals surface area contributed by atoms with Crippen molar-refractivity contribution in [2.45, 2.75) is 19.3 Å². The molecule has 1 aliphatic carbocycles. The van der Waals surface area contributed by atoms with Gasteiger partial charge in [0.15, 0.2) is 5.13 Å². The topological polar surface area (TPSA) is 34.2 Å². The van der Waals surface area contributed by atoms with Crippen LogP contribution in [0.25, 0.3) is 10.2 Å². The van der Waals surface area contributed by atoms with Crippen LogP contribution in [0.2, 0.25) is 0 Å². The van der Waals surface area contributed by atoms with E-state index in [9.17, 15) is 13.2 Å². The van der Waals surface area contributed by atoms with Crippen molar-refractivity contribution >= 4 is 26.7 Å². The quantitative estimate of drug-likeness (QED) is 0.885. The van der Waals surface area contributed by atoms with Gasteiger partial charge in [-0.2, -0.15) is 0 Å². The van der Waals surface area contributed by atoms with E-state index < -0.39 is 6.36 Å². The Balaban J connectivity index is 1.81. The van der Waals surface area contributed by atoms with Gasteiger partial charge in [0.25, 0.3) is 0 Å². The van der Waals surface area contributed by atoms with Crippen LogP contribution in [0.3, 0.4) is 0 Å². The van der Waals surface area contributed by atoms with Gasteiger partial charge in [-0.1, -0.05) is 42.6 Å². The molecule has 7 heteroatoms. The van der Waals surface area contributed by atoms with E-state index in [1.807, 2.05) is 18.2 Å². The van der Waals surface area contributed by atoms with Crippen LogP contribution in [-0.2, 0) is 0 Å². The molecule has 2 atom stereocenters. The number of rotatable bonds is 3. The number of anilines is 1. The minimum Gasteiger partial charge on any atom is -0.406 e. The van der Waals surface area contributed by atoms with Gasteiger partial charge in [0.05, 0.1) is 16.3 Å². The molecule has 3 rings (SSSR count). The maximum absolute atomic E-state index is 12.2. The van der Waals surface area contributed by atoms with Crippen molar-refractivity contribution in [3.8, 4) is 5.75 Å². The molecule has 1 aromatic heterocycles. The first-order valence-electron chi connectivity index (χ1n) is 6.68. The molecule has 0 saturated heterocycles. The zero-order valence-electron chi connectivity index (χ0n) is 11.6. The van der Waals surface area contributed by atoms with E-state index in [-0.39, 0.29) is 11.8 Å². The van der Waals surface area contributed by atoms with E-state index in [0.717, 1.165) is 0 Å². The molecular weight excluding hydrogens is 313 g/mol. The van der Waals surface area contributed by atoms with Crippen molar-refractivity contribution in [1.82, 2.24) is 4.98 Å². The molecule has 3 nitrogen and oxygen atoms in total. The fourth-order valence-electron chi connectivity index (χ4n) is 2.20. The number of ether oxygens (including phenoxy) is 1. The lowest BCUT2D eigenvalue weighted by molar-refractivity contribution is -0.274. The zero-order chi connectivity index (χ0) is 15.7. The fourth-order valence-corrected chi connectivity index (χ4v) is 3.14. The fraction of sp³-hybridized carbons (Fsp3) is 0.267. The van der Waals surface area contributed by atoms with E-state index in [4.69, 9.17) is 0 Å². The van der Waals surface area contributed by atoms with E-state index in [0.29, 0.717) is 21.3 Å². The van der Waals surface area contributed by atoms with Gasteiger partial charge in [-0.05, 0) is 18.1 Å². The molecule has 2 unspecified atom stereocenters. The largest absolute Gasteiger partial charge is 0.573 e. The third-order valence-electron chi connectivity index (χ3n) is 3.29. The monoisotopic (exact) mass is 326 g/mol. The standard InChI is InChI=1S/C15H13F3N2OS/c1-9-4-2-3-5-11(9)19-14-20-12-7-6-10(8-13(12)22-14)21-15(16,17)18/h2-9,11H,1H3,(H,19,20). The van der Waals surface area contributed by atoms with Crippen molar-refractivity contribution in [2.75, 3.05) is 5.32 Å². The number of nitrogens with one attached hydrogen (secondary N) is 1. The third-order valence-corrected chi connectivity index (χ3v) is 4.24. The number of hydrogen-bond donors (Lipinski definition) is 1. The molecule has 0 spiro atoms. The predicted octanol–water partition coefficient (Wildman–Crippen LogP) is 4.74. The molecule has 0 amide bonds. The number of thiazole rings is 1. The number of alkyl halides is 3. The number of aromatic nitrogens is 1. The number of fused-ring (bicyclic) bond motifs is 1. The average Bonchev–Trinajstić information content (AvgIpc) is 2.81. The van der Waals surface area contributed by atoms with Gasteiger partial charge in [0, 0.05) is 6.07 Å². The molecule has 0 aliphatic heterocycles. The molecule has 1 N–H and O–H groups in total. The van der Waals surface area contributed by atoms with Crippen LogP contribution in [0.1, 0.15) is 6.92 Å². The highest BCUT2D eigenvalue weighted by molar-refractivity contribution is 7.22. The van der Waals surface area contributed by atoms with Crippen molar-refractivity contribution < 1.29 is 17.9 Å². The van der Waals surface area contributed by atoms with E-state index in [2.05, 4.69) is 28.0 Å². The second-order valence-electron chi connectivity index (χ2n) is 5.00. The second-order valence-corrected chi connectivity index (χ2v) is 6.03. The number of halogens is 3. The molecule has 0 bridgehead atoms. The Morgan fingerprint density at radius 3 is 2.73 bits per heavy atom. The van der Waals surface area contributed by atoms with Gasteiger partial charge in [-0.3, -0.25) is 0 Å². The lowest BCUT2D eigenvalue weighted by Crippen LogP contribution is -2.24. The lowest BCUT2D eigenvalue weighted by Gasteiger charge is -2.21. The van der Waals surface area contributed by atoms with E-state index >= 15 is 0 Å². The molecule has 1 heterocycles. The summed E-state index contributed by atoms with van der Waals surface area (Å²) in [5.74, 6) is 0.0881. The van der Waals surface area contributed by atoms with Crippen LogP contribution in [0.5, 0.6) is 5.75 Å². The summed E-state index contributed by atoms with van der Waals surface area (Å²) in [6.45, 7) is 2.08. The molecule has 0 radical (unpaired) electrons.